The van der Waals surface area contributed by atoms with Gasteiger partial charge >= 0.3 is 6.09 Å². The van der Waals surface area contributed by atoms with Crippen molar-refractivity contribution in [3.05, 3.63) is 48.3 Å². The van der Waals surface area contributed by atoms with Gasteiger partial charge in [-0.3, -0.25) is 4.98 Å². The number of rotatable bonds is 9. The van der Waals surface area contributed by atoms with Gasteiger partial charge in [0.25, 0.3) is 0 Å². The minimum Gasteiger partial charge on any atom is -0.497 e. The molecule has 10 heteroatoms. The van der Waals surface area contributed by atoms with Gasteiger partial charge in [-0.2, -0.15) is 0 Å². The second-order valence-corrected chi connectivity index (χ2v) is 13.3. The van der Waals surface area contributed by atoms with Crippen molar-refractivity contribution in [2.24, 2.45) is 0 Å². The molecule has 1 aliphatic rings. The molecule has 1 fully saturated rings. The van der Waals surface area contributed by atoms with Crippen LogP contribution in [0, 0.1) is 0 Å². The van der Waals surface area contributed by atoms with Gasteiger partial charge in [0, 0.05) is 61.3 Å². The van der Waals surface area contributed by atoms with Crippen LogP contribution >= 0.6 is 0 Å². The molecule has 0 unspecified atom stereocenters. The van der Waals surface area contributed by atoms with Crippen molar-refractivity contribution in [2.75, 3.05) is 45.4 Å². The molecule has 0 spiro atoms. The maximum absolute atomic E-state index is 12.5. The third-order valence-corrected chi connectivity index (χ3v) is 7.56. The molecule has 1 amide bonds. The van der Waals surface area contributed by atoms with Crippen LogP contribution in [0.25, 0.3) is 11.0 Å². The Bertz CT molecular complexity index is 1280. The number of anilines is 2. The van der Waals surface area contributed by atoms with E-state index in [1.807, 2.05) is 51.2 Å². The third-order valence-electron chi connectivity index (χ3n) is 6.77. The second-order valence-electron chi connectivity index (χ2n) is 11.2. The van der Waals surface area contributed by atoms with Crippen LogP contribution in [-0.2, 0) is 9.16 Å². The second kappa shape index (κ2) is 12.9. The van der Waals surface area contributed by atoms with Crippen molar-refractivity contribution in [3.63, 3.8) is 0 Å². The predicted octanol–water partition coefficient (Wildman–Crippen LogP) is 6.17. The molecule has 0 atom stereocenters. The Morgan fingerprint density at radius 2 is 1.68 bits per heavy atom. The van der Waals surface area contributed by atoms with Gasteiger partial charge in [0.05, 0.1) is 37.6 Å². The monoisotopic (exact) mass is 565 g/mol. The highest BCUT2D eigenvalue weighted by Gasteiger charge is 2.28. The first-order valence-corrected chi connectivity index (χ1v) is 16.2. The molecule has 1 radical (unpaired) electrons. The predicted molar refractivity (Wildman–Crippen MR) is 159 cm³/mol. The van der Waals surface area contributed by atoms with Gasteiger partial charge in [0.2, 0.25) is 9.04 Å². The van der Waals surface area contributed by atoms with Crippen LogP contribution in [0.2, 0.25) is 13.1 Å². The smallest absolute Gasteiger partial charge is 0.410 e. The Balaban J connectivity index is 1.58. The fraction of sp³-hybridized carbons (Fsp3) is 0.500. The summed E-state index contributed by atoms with van der Waals surface area (Å²) in [6.07, 6.45) is 3.27. The van der Waals surface area contributed by atoms with Gasteiger partial charge in [-0.25, -0.2) is 9.78 Å². The minimum atomic E-state index is -0.819. The summed E-state index contributed by atoms with van der Waals surface area (Å²) in [5, 5.41) is 0. The number of fused-ring (bicyclic) bond motifs is 1. The number of benzene rings is 2. The average molecular weight is 566 g/mol. The van der Waals surface area contributed by atoms with E-state index in [1.165, 1.54) is 0 Å². The molecule has 1 aliphatic heterocycles. The molecule has 0 N–H and O–H groups in total. The van der Waals surface area contributed by atoms with Gasteiger partial charge in [-0.15, -0.1) is 0 Å². The van der Waals surface area contributed by atoms with E-state index in [0.717, 1.165) is 52.4 Å². The average Bonchev–Trinajstić information content (AvgIpc) is 2.93. The highest BCUT2D eigenvalue weighted by Crippen LogP contribution is 2.34. The summed E-state index contributed by atoms with van der Waals surface area (Å²) in [5.74, 6) is 1.68. The standard InChI is InChI=1S/C30H41N4O5Si/c1-30(2,3)39-29(35)33-12-10-21(11-13-33)28-20-31-26-9-8-22(18-27(26)32-28)34(14-15-38-40(6)7)23-16-24(36-4)19-25(17-23)37-5/h8-9,16-21H,10-15H2,1-7H3. The molecule has 3 aromatic rings. The fourth-order valence-corrected chi connectivity index (χ4v) is 5.26. The number of ether oxygens (including phenoxy) is 3. The van der Waals surface area contributed by atoms with E-state index in [4.69, 9.17) is 28.6 Å². The zero-order valence-corrected chi connectivity index (χ0v) is 25.7. The first kappa shape index (κ1) is 29.6. The Kier molecular flexibility index (Phi) is 9.52. The van der Waals surface area contributed by atoms with Gasteiger partial charge in [-0.1, -0.05) is 0 Å². The highest BCUT2D eigenvalue weighted by molar-refractivity contribution is 6.48. The molecule has 0 aliphatic carbocycles. The molecule has 2 heterocycles. The van der Waals surface area contributed by atoms with Crippen molar-refractivity contribution < 1.29 is 23.4 Å². The molecule has 0 bridgehead atoms. The maximum Gasteiger partial charge on any atom is 0.410 e. The topological polar surface area (TPSA) is 86.3 Å². The van der Waals surface area contributed by atoms with Crippen LogP contribution in [0.15, 0.2) is 42.6 Å². The van der Waals surface area contributed by atoms with Crippen LogP contribution in [0.3, 0.4) is 0 Å². The van der Waals surface area contributed by atoms with E-state index < -0.39 is 14.6 Å². The van der Waals surface area contributed by atoms with E-state index in [1.54, 1.807) is 19.1 Å². The van der Waals surface area contributed by atoms with Crippen molar-refractivity contribution >= 4 is 37.5 Å². The van der Waals surface area contributed by atoms with Gasteiger partial charge < -0.3 is 28.4 Å². The maximum atomic E-state index is 12.5. The number of likely N-dealkylation sites (tertiary alicyclic amines) is 1. The zero-order chi connectivity index (χ0) is 28.9. The number of piperidine rings is 1. The Morgan fingerprint density at radius 3 is 2.27 bits per heavy atom. The van der Waals surface area contributed by atoms with Crippen molar-refractivity contribution in [3.8, 4) is 11.5 Å². The lowest BCUT2D eigenvalue weighted by Gasteiger charge is -2.33. The lowest BCUT2D eigenvalue weighted by Crippen LogP contribution is -2.41. The molecule has 2 aromatic carbocycles. The zero-order valence-electron chi connectivity index (χ0n) is 24.7. The molecular weight excluding hydrogens is 524 g/mol. The summed E-state index contributed by atoms with van der Waals surface area (Å²) in [6.45, 7) is 12.5. The number of carbonyl (C=O) groups is 1. The Labute approximate surface area is 239 Å². The van der Waals surface area contributed by atoms with Crippen molar-refractivity contribution in [1.82, 2.24) is 14.9 Å². The van der Waals surface area contributed by atoms with Gasteiger partial charge in [0.15, 0.2) is 0 Å². The largest absolute Gasteiger partial charge is 0.497 e. The molecule has 0 saturated carbocycles. The molecule has 1 saturated heterocycles. The Hall–Kier alpha value is -3.37. The first-order chi connectivity index (χ1) is 19.1. The quantitative estimate of drug-likeness (QED) is 0.285. The highest BCUT2D eigenvalue weighted by atomic mass is 28.3. The minimum absolute atomic E-state index is 0.237. The number of hydrogen-bond donors (Lipinski definition) is 0. The number of aromatic nitrogens is 2. The number of hydrogen-bond acceptors (Lipinski definition) is 8. The van der Waals surface area contributed by atoms with Crippen LogP contribution in [0.1, 0.15) is 45.2 Å². The molecular formula is C30H41N4O5Si. The molecule has 40 heavy (non-hydrogen) atoms. The fourth-order valence-electron chi connectivity index (χ4n) is 4.76. The number of nitrogens with zero attached hydrogens (tertiary/aromatic N) is 4. The van der Waals surface area contributed by atoms with E-state index >= 15 is 0 Å². The molecule has 215 valence electrons. The summed E-state index contributed by atoms with van der Waals surface area (Å²) in [7, 11) is 2.49. The lowest BCUT2D eigenvalue weighted by atomic mass is 9.94. The van der Waals surface area contributed by atoms with Gasteiger partial charge in [0.1, 0.15) is 17.1 Å². The van der Waals surface area contributed by atoms with Crippen molar-refractivity contribution in [1.29, 1.82) is 0 Å². The molecule has 4 rings (SSSR count). The van der Waals surface area contributed by atoms with Gasteiger partial charge in [-0.05, 0) is 64.9 Å². The van der Waals surface area contributed by atoms with E-state index in [2.05, 4.69) is 30.1 Å². The summed E-state index contributed by atoms with van der Waals surface area (Å²) in [6, 6.07) is 12.0. The summed E-state index contributed by atoms with van der Waals surface area (Å²) in [5.41, 5.74) is 4.06. The van der Waals surface area contributed by atoms with Crippen LogP contribution < -0.4 is 14.4 Å². The summed E-state index contributed by atoms with van der Waals surface area (Å²) < 4.78 is 22.6. The number of amides is 1. The van der Waals surface area contributed by atoms with E-state index in [-0.39, 0.29) is 12.0 Å². The van der Waals surface area contributed by atoms with Crippen LogP contribution in [0.4, 0.5) is 16.2 Å². The van der Waals surface area contributed by atoms with Crippen molar-refractivity contribution in [2.45, 2.75) is 58.2 Å². The summed E-state index contributed by atoms with van der Waals surface area (Å²) >= 11 is 0. The Morgan fingerprint density at radius 1 is 1.00 bits per heavy atom. The summed E-state index contributed by atoms with van der Waals surface area (Å²) in [4.78, 5) is 26.2. The SMILES string of the molecule is COc1cc(OC)cc(N(CCO[Si](C)C)c2ccc3ncc(C4CCN(C(=O)OC(C)(C)C)CC4)nc3c2)c1. The number of methoxy groups -OCH3 is 2. The van der Waals surface area contributed by atoms with Crippen LogP contribution in [0.5, 0.6) is 11.5 Å². The number of carbonyl (C=O) groups excluding carboxylic acids is 1. The van der Waals surface area contributed by atoms with Crippen LogP contribution in [-0.4, -0.2) is 76.1 Å². The molecule has 1 aromatic heterocycles. The van der Waals surface area contributed by atoms with E-state index in [0.29, 0.717) is 26.2 Å². The first-order valence-electron chi connectivity index (χ1n) is 13.7. The normalized spacial score (nSPS) is 14.4. The lowest BCUT2D eigenvalue weighted by molar-refractivity contribution is 0.0204. The molecule has 9 nitrogen and oxygen atoms in total. The van der Waals surface area contributed by atoms with E-state index in [9.17, 15) is 4.79 Å². The third kappa shape index (κ3) is 7.63.